The highest BCUT2D eigenvalue weighted by atomic mass is 19.1. The summed E-state index contributed by atoms with van der Waals surface area (Å²) in [7, 11) is 0. The van der Waals surface area contributed by atoms with Crippen molar-refractivity contribution in [2.45, 2.75) is 19.4 Å². The van der Waals surface area contributed by atoms with Gasteiger partial charge < -0.3 is 15.0 Å². The minimum Gasteiger partial charge on any atom is -0.490 e. The Morgan fingerprint density at radius 2 is 2.00 bits per heavy atom. The third kappa shape index (κ3) is 5.84. The number of aromatic amines is 1. The predicted octanol–water partition coefficient (Wildman–Crippen LogP) is 2.78. The van der Waals surface area contributed by atoms with Crippen molar-refractivity contribution >= 4 is 5.91 Å². The Kier molecular flexibility index (Phi) is 7.05. The van der Waals surface area contributed by atoms with Crippen LogP contribution in [0, 0.1) is 5.82 Å². The SMILES string of the molecule is C=CCOc1cccc(-c2nnc(CCC(=O)NCc3ccc(F)cc3)c(=O)[nH]2)c1. The zero-order valence-electron chi connectivity index (χ0n) is 16.2. The molecule has 154 valence electrons. The maximum absolute atomic E-state index is 12.9. The number of nitrogens with zero attached hydrogens (tertiary/aromatic N) is 2. The molecule has 0 bridgehead atoms. The zero-order valence-corrected chi connectivity index (χ0v) is 16.2. The van der Waals surface area contributed by atoms with Crippen LogP contribution in [0.2, 0.25) is 0 Å². The Hall–Kier alpha value is -3.81. The number of aromatic nitrogens is 3. The first kappa shape index (κ1) is 20.9. The van der Waals surface area contributed by atoms with Gasteiger partial charge in [-0.1, -0.05) is 36.9 Å². The summed E-state index contributed by atoms with van der Waals surface area (Å²) in [5.41, 5.74) is 1.22. The van der Waals surface area contributed by atoms with E-state index in [1.165, 1.54) is 12.1 Å². The van der Waals surface area contributed by atoms with E-state index in [2.05, 4.69) is 27.1 Å². The number of carbonyl (C=O) groups excluding carboxylic acids is 1. The molecule has 0 saturated carbocycles. The van der Waals surface area contributed by atoms with E-state index in [9.17, 15) is 14.0 Å². The smallest absolute Gasteiger partial charge is 0.273 e. The molecule has 0 radical (unpaired) electrons. The molecule has 7 nitrogen and oxygen atoms in total. The molecular formula is C22H21FN4O3. The van der Waals surface area contributed by atoms with Gasteiger partial charge in [-0.25, -0.2) is 4.39 Å². The maximum atomic E-state index is 12.9. The van der Waals surface area contributed by atoms with Crippen LogP contribution >= 0.6 is 0 Å². The number of amides is 1. The highest BCUT2D eigenvalue weighted by Crippen LogP contribution is 2.19. The maximum Gasteiger partial charge on any atom is 0.273 e. The highest BCUT2D eigenvalue weighted by molar-refractivity contribution is 5.76. The van der Waals surface area contributed by atoms with Gasteiger partial charge in [-0.05, 0) is 29.8 Å². The molecule has 3 aromatic rings. The number of H-pyrrole nitrogens is 1. The van der Waals surface area contributed by atoms with E-state index in [1.807, 2.05) is 0 Å². The lowest BCUT2D eigenvalue weighted by Gasteiger charge is -2.07. The van der Waals surface area contributed by atoms with Gasteiger partial charge in [0, 0.05) is 24.9 Å². The van der Waals surface area contributed by atoms with Crippen LogP contribution < -0.4 is 15.6 Å². The summed E-state index contributed by atoms with van der Waals surface area (Å²) in [6, 6.07) is 13.0. The monoisotopic (exact) mass is 408 g/mol. The van der Waals surface area contributed by atoms with E-state index >= 15 is 0 Å². The number of nitrogens with one attached hydrogen (secondary N) is 2. The van der Waals surface area contributed by atoms with Crippen LogP contribution in [-0.2, 0) is 17.8 Å². The minimum absolute atomic E-state index is 0.0865. The van der Waals surface area contributed by atoms with Crippen molar-refractivity contribution < 1.29 is 13.9 Å². The van der Waals surface area contributed by atoms with Gasteiger partial charge in [-0.15, -0.1) is 10.2 Å². The average molecular weight is 408 g/mol. The number of rotatable bonds is 9. The fourth-order valence-electron chi connectivity index (χ4n) is 2.67. The predicted molar refractivity (Wildman–Crippen MR) is 110 cm³/mol. The molecule has 0 atom stereocenters. The van der Waals surface area contributed by atoms with E-state index in [0.717, 1.165) is 5.56 Å². The third-order valence-corrected chi connectivity index (χ3v) is 4.23. The fourth-order valence-corrected chi connectivity index (χ4v) is 2.67. The Labute approximate surface area is 172 Å². The van der Waals surface area contributed by atoms with Crippen molar-refractivity contribution in [3.8, 4) is 17.1 Å². The summed E-state index contributed by atoms with van der Waals surface area (Å²) in [4.78, 5) is 27.0. The van der Waals surface area contributed by atoms with Crippen LogP contribution in [0.5, 0.6) is 5.75 Å². The van der Waals surface area contributed by atoms with Gasteiger partial charge in [0.2, 0.25) is 5.91 Å². The molecule has 0 saturated heterocycles. The van der Waals surface area contributed by atoms with Gasteiger partial charge in [0.05, 0.1) is 0 Å². The molecule has 0 aliphatic rings. The van der Waals surface area contributed by atoms with Crippen molar-refractivity contribution in [1.29, 1.82) is 0 Å². The lowest BCUT2D eigenvalue weighted by molar-refractivity contribution is -0.121. The molecule has 2 N–H and O–H groups in total. The largest absolute Gasteiger partial charge is 0.490 e. The number of hydrogen-bond donors (Lipinski definition) is 2. The fraction of sp³-hybridized carbons (Fsp3) is 0.182. The minimum atomic E-state index is -0.399. The molecule has 3 rings (SSSR count). The molecule has 30 heavy (non-hydrogen) atoms. The van der Waals surface area contributed by atoms with Gasteiger partial charge in [0.15, 0.2) is 5.82 Å². The molecular weight excluding hydrogens is 387 g/mol. The van der Waals surface area contributed by atoms with Crippen LogP contribution in [0.1, 0.15) is 17.7 Å². The second-order valence-corrected chi connectivity index (χ2v) is 6.48. The van der Waals surface area contributed by atoms with Gasteiger partial charge in [-0.2, -0.15) is 0 Å². The number of halogens is 1. The summed E-state index contributed by atoms with van der Waals surface area (Å²) in [5.74, 6) is 0.365. The molecule has 1 aromatic heterocycles. The lowest BCUT2D eigenvalue weighted by Crippen LogP contribution is -2.25. The van der Waals surface area contributed by atoms with Crippen molar-refractivity contribution in [1.82, 2.24) is 20.5 Å². The molecule has 0 spiro atoms. The van der Waals surface area contributed by atoms with Crippen LogP contribution in [0.15, 0.2) is 66.0 Å². The van der Waals surface area contributed by atoms with Gasteiger partial charge in [0.25, 0.3) is 5.56 Å². The third-order valence-electron chi connectivity index (χ3n) is 4.23. The summed E-state index contributed by atoms with van der Waals surface area (Å²) in [6.07, 6.45) is 1.88. The quantitative estimate of drug-likeness (QED) is 0.531. The van der Waals surface area contributed by atoms with E-state index < -0.39 is 5.56 Å². The Morgan fingerprint density at radius 3 is 2.73 bits per heavy atom. The number of ether oxygens (including phenoxy) is 1. The van der Waals surface area contributed by atoms with Crippen LogP contribution in [0.3, 0.4) is 0 Å². The molecule has 1 amide bonds. The average Bonchev–Trinajstić information content (AvgIpc) is 2.76. The molecule has 0 aliphatic carbocycles. The number of aryl methyl sites for hydroxylation is 1. The van der Waals surface area contributed by atoms with Gasteiger partial charge in [0.1, 0.15) is 23.9 Å². The Morgan fingerprint density at radius 1 is 1.20 bits per heavy atom. The first-order valence-electron chi connectivity index (χ1n) is 9.36. The molecule has 1 heterocycles. The summed E-state index contributed by atoms with van der Waals surface area (Å²) in [6.45, 7) is 4.25. The topological polar surface area (TPSA) is 97.0 Å². The first-order chi connectivity index (χ1) is 14.5. The van der Waals surface area contributed by atoms with Crippen LogP contribution in [0.25, 0.3) is 11.4 Å². The standard InChI is InChI=1S/C22H21FN4O3/c1-2-12-30-18-5-3-4-16(13-18)21-25-22(29)19(26-27-21)10-11-20(28)24-14-15-6-8-17(23)9-7-15/h2-9,13H,1,10-12,14H2,(H,24,28)(H,25,27,29). The van der Waals surface area contributed by atoms with Gasteiger partial charge in [-0.3, -0.25) is 9.59 Å². The van der Waals surface area contributed by atoms with E-state index in [-0.39, 0.29) is 36.8 Å². The number of carbonyl (C=O) groups is 1. The second-order valence-electron chi connectivity index (χ2n) is 6.48. The number of benzene rings is 2. The Bertz CT molecular complexity index is 1080. The normalized spacial score (nSPS) is 10.4. The Balaban J connectivity index is 1.57. The summed E-state index contributed by atoms with van der Waals surface area (Å²) >= 11 is 0. The summed E-state index contributed by atoms with van der Waals surface area (Å²) in [5, 5.41) is 10.8. The van der Waals surface area contributed by atoms with Crippen molar-refractivity contribution in [3.63, 3.8) is 0 Å². The molecule has 2 aromatic carbocycles. The lowest BCUT2D eigenvalue weighted by atomic mass is 10.2. The van der Waals surface area contributed by atoms with Crippen molar-refractivity contribution in [2.24, 2.45) is 0 Å². The molecule has 0 fully saturated rings. The van der Waals surface area contributed by atoms with E-state index in [4.69, 9.17) is 4.74 Å². The first-order valence-corrected chi connectivity index (χ1v) is 9.36. The van der Waals surface area contributed by atoms with Crippen LogP contribution in [-0.4, -0.2) is 27.7 Å². The summed E-state index contributed by atoms with van der Waals surface area (Å²) < 4.78 is 18.4. The second kappa shape index (κ2) is 10.1. The van der Waals surface area contributed by atoms with E-state index in [1.54, 1.807) is 42.5 Å². The van der Waals surface area contributed by atoms with Crippen molar-refractivity contribution in [2.75, 3.05) is 6.61 Å². The highest BCUT2D eigenvalue weighted by Gasteiger charge is 2.10. The molecule has 8 heteroatoms. The van der Waals surface area contributed by atoms with Gasteiger partial charge >= 0.3 is 0 Å². The molecule has 0 aliphatic heterocycles. The van der Waals surface area contributed by atoms with E-state index in [0.29, 0.717) is 23.7 Å². The number of hydrogen-bond acceptors (Lipinski definition) is 5. The van der Waals surface area contributed by atoms with Crippen LogP contribution in [0.4, 0.5) is 4.39 Å². The molecule has 0 unspecified atom stereocenters. The zero-order chi connectivity index (χ0) is 21.3. The van der Waals surface area contributed by atoms with Crippen molar-refractivity contribution in [3.05, 3.63) is 88.6 Å².